The number of hydrogen-bond acceptors (Lipinski definition) is 3. The Hall–Kier alpha value is -1.35. The maximum atomic E-state index is 14.2. The lowest BCUT2D eigenvalue weighted by molar-refractivity contribution is -0.250. The molecular weight excluding hydrogens is 492 g/mol. The third kappa shape index (κ3) is 3.80. The normalized spacial score (nSPS) is 47.5. The van der Waals surface area contributed by atoms with Gasteiger partial charge in [-0.05, 0) is 127 Å². The Balaban J connectivity index is 1.33. The van der Waals surface area contributed by atoms with E-state index in [0.29, 0.717) is 47.5 Å². The molecule has 6 rings (SSSR count). The summed E-state index contributed by atoms with van der Waals surface area (Å²) in [5.41, 5.74) is 1.58. The minimum atomic E-state index is -0.310. The van der Waals surface area contributed by atoms with Crippen molar-refractivity contribution < 1.29 is 14.6 Å². The summed E-state index contributed by atoms with van der Waals surface area (Å²) in [6.07, 6.45) is 11.3. The standard InChI is InChI=1S/C37H56O3/c1-24(2)26-15-20-37(32(39)40-23-25-11-9-8-10-12-25)22-21-35(6)27(31(26)37)13-14-29-34(5)18-17-30(38)33(3,4)28(34)16-19-36(29,35)7/h8-12,24,26-31,38H,13-23H2,1-7H3/t26-,27?,28-,29+,30+,31-,34-,35+,36+,37-/m0/s1. The molecule has 222 valence electrons. The Morgan fingerprint density at radius 1 is 0.850 bits per heavy atom. The number of benzene rings is 1. The van der Waals surface area contributed by atoms with Gasteiger partial charge in [0.2, 0.25) is 0 Å². The third-order valence-corrected chi connectivity index (χ3v) is 14.9. The lowest BCUT2D eigenvalue weighted by Crippen LogP contribution is -2.67. The molecule has 5 aliphatic carbocycles. The molecule has 0 saturated heterocycles. The maximum Gasteiger partial charge on any atom is 0.312 e. The number of carbonyl (C=O) groups excluding carboxylic acids is 1. The van der Waals surface area contributed by atoms with Gasteiger partial charge in [0.05, 0.1) is 11.5 Å². The average Bonchev–Trinajstić information content (AvgIpc) is 3.32. The van der Waals surface area contributed by atoms with E-state index in [9.17, 15) is 9.90 Å². The lowest BCUT2D eigenvalue weighted by atomic mass is 9.32. The van der Waals surface area contributed by atoms with Gasteiger partial charge in [-0.1, -0.05) is 78.8 Å². The Bertz CT molecular complexity index is 1110. The van der Waals surface area contributed by atoms with Gasteiger partial charge in [0.25, 0.3) is 0 Å². The molecule has 3 heteroatoms. The van der Waals surface area contributed by atoms with E-state index in [2.05, 4.69) is 60.6 Å². The first kappa shape index (κ1) is 28.8. The molecule has 40 heavy (non-hydrogen) atoms. The van der Waals surface area contributed by atoms with E-state index in [1.807, 2.05) is 18.2 Å². The Labute approximate surface area is 244 Å². The molecule has 0 spiro atoms. The summed E-state index contributed by atoms with van der Waals surface area (Å²) in [5.74, 6) is 3.60. The van der Waals surface area contributed by atoms with Crippen molar-refractivity contribution in [1.29, 1.82) is 0 Å². The number of rotatable bonds is 4. The summed E-state index contributed by atoms with van der Waals surface area (Å²) < 4.78 is 6.20. The molecule has 3 nitrogen and oxygen atoms in total. The fraction of sp³-hybridized carbons (Fsp3) is 0.811. The van der Waals surface area contributed by atoms with Gasteiger partial charge in [0.1, 0.15) is 6.61 Å². The van der Waals surface area contributed by atoms with Gasteiger partial charge in [0.15, 0.2) is 0 Å². The molecule has 0 amide bonds. The van der Waals surface area contributed by atoms with Crippen molar-refractivity contribution >= 4 is 5.97 Å². The highest BCUT2D eigenvalue weighted by molar-refractivity contribution is 5.78. The fourth-order valence-corrected chi connectivity index (χ4v) is 12.6. The smallest absolute Gasteiger partial charge is 0.312 e. The summed E-state index contributed by atoms with van der Waals surface area (Å²) in [4.78, 5) is 14.2. The summed E-state index contributed by atoms with van der Waals surface area (Å²) >= 11 is 0. The van der Waals surface area contributed by atoms with Gasteiger partial charge < -0.3 is 9.84 Å². The van der Waals surface area contributed by atoms with Crippen molar-refractivity contribution in [1.82, 2.24) is 0 Å². The molecule has 1 aromatic rings. The molecule has 5 saturated carbocycles. The topological polar surface area (TPSA) is 46.5 Å². The van der Waals surface area contributed by atoms with E-state index in [4.69, 9.17) is 4.74 Å². The van der Waals surface area contributed by atoms with Crippen LogP contribution in [-0.4, -0.2) is 17.2 Å². The first-order valence-corrected chi connectivity index (χ1v) is 16.7. The number of aliphatic hydroxyl groups is 1. The van der Waals surface area contributed by atoms with E-state index in [1.165, 1.54) is 32.1 Å². The van der Waals surface area contributed by atoms with Gasteiger partial charge in [-0.15, -0.1) is 0 Å². The molecule has 0 radical (unpaired) electrons. The van der Waals surface area contributed by atoms with Crippen LogP contribution in [0.1, 0.15) is 118 Å². The SMILES string of the molecule is CC(C)[C@@H]1CC[C@]2(C(=O)OCc3ccccc3)CC[C@]3(C)C(CC[C@@H]4[C@@]5(C)CC[C@@H](O)C(C)(C)[C@@H]5CC[C@]43C)[C@H]12. The van der Waals surface area contributed by atoms with Crippen LogP contribution in [0.5, 0.6) is 0 Å². The second-order valence-corrected chi connectivity index (χ2v) is 16.7. The summed E-state index contributed by atoms with van der Waals surface area (Å²) in [6.45, 7) is 17.8. The number of fused-ring (bicyclic) bond motifs is 7. The Morgan fingerprint density at radius 2 is 1.57 bits per heavy atom. The van der Waals surface area contributed by atoms with Crippen molar-refractivity contribution in [3.63, 3.8) is 0 Å². The predicted molar refractivity (Wildman–Crippen MR) is 161 cm³/mol. The van der Waals surface area contributed by atoms with Crippen LogP contribution in [0.2, 0.25) is 0 Å². The zero-order valence-electron chi connectivity index (χ0n) is 26.5. The molecule has 0 aliphatic heterocycles. The number of ether oxygens (including phenoxy) is 1. The molecule has 5 aliphatic rings. The molecule has 0 aromatic heterocycles. The highest BCUT2D eigenvalue weighted by Gasteiger charge is 2.72. The lowest BCUT2D eigenvalue weighted by Gasteiger charge is -2.72. The average molecular weight is 549 g/mol. The summed E-state index contributed by atoms with van der Waals surface area (Å²) in [5, 5.41) is 11.0. The summed E-state index contributed by atoms with van der Waals surface area (Å²) in [6, 6.07) is 10.2. The number of carbonyl (C=O) groups is 1. The van der Waals surface area contributed by atoms with Gasteiger partial charge in [-0.3, -0.25) is 4.79 Å². The summed E-state index contributed by atoms with van der Waals surface area (Å²) in [7, 11) is 0. The van der Waals surface area contributed by atoms with E-state index in [0.717, 1.165) is 37.7 Å². The van der Waals surface area contributed by atoms with Crippen LogP contribution in [0.25, 0.3) is 0 Å². The van der Waals surface area contributed by atoms with Crippen LogP contribution in [-0.2, 0) is 16.1 Å². The Morgan fingerprint density at radius 3 is 2.27 bits per heavy atom. The minimum absolute atomic E-state index is 0.00942. The zero-order chi connectivity index (χ0) is 28.7. The van der Waals surface area contributed by atoms with E-state index < -0.39 is 0 Å². The largest absolute Gasteiger partial charge is 0.460 e. The van der Waals surface area contributed by atoms with E-state index in [1.54, 1.807) is 0 Å². The highest BCUT2D eigenvalue weighted by atomic mass is 16.5. The van der Waals surface area contributed by atoms with Crippen LogP contribution in [0, 0.1) is 62.6 Å². The first-order valence-electron chi connectivity index (χ1n) is 16.7. The molecule has 5 fully saturated rings. The monoisotopic (exact) mass is 548 g/mol. The van der Waals surface area contributed by atoms with Gasteiger partial charge in [-0.2, -0.15) is 0 Å². The second kappa shape index (κ2) is 9.58. The van der Waals surface area contributed by atoms with Crippen molar-refractivity contribution in [2.45, 2.75) is 125 Å². The third-order valence-electron chi connectivity index (χ3n) is 14.9. The number of aliphatic hydroxyl groups excluding tert-OH is 1. The molecule has 1 unspecified atom stereocenters. The maximum absolute atomic E-state index is 14.2. The van der Waals surface area contributed by atoms with Crippen molar-refractivity contribution in [3.8, 4) is 0 Å². The molecule has 1 N–H and O–H groups in total. The molecule has 0 heterocycles. The van der Waals surface area contributed by atoms with Crippen LogP contribution < -0.4 is 0 Å². The number of esters is 1. The molecule has 10 atom stereocenters. The predicted octanol–water partition coefficient (Wildman–Crippen LogP) is 8.83. The quantitative estimate of drug-likeness (QED) is 0.382. The highest BCUT2D eigenvalue weighted by Crippen LogP contribution is 2.77. The van der Waals surface area contributed by atoms with Crippen LogP contribution in [0.4, 0.5) is 0 Å². The van der Waals surface area contributed by atoms with Crippen LogP contribution in [0.15, 0.2) is 30.3 Å². The van der Waals surface area contributed by atoms with E-state index in [-0.39, 0.29) is 33.7 Å². The zero-order valence-corrected chi connectivity index (χ0v) is 26.5. The molecule has 1 aromatic carbocycles. The second-order valence-electron chi connectivity index (χ2n) is 16.7. The number of hydrogen-bond donors (Lipinski definition) is 1. The van der Waals surface area contributed by atoms with Gasteiger partial charge in [-0.25, -0.2) is 0 Å². The van der Waals surface area contributed by atoms with Crippen molar-refractivity contribution in [2.24, 2.45) is 62.6 Å². The fourth-order valence-electron chi connectivity index (χ4n) is 12.6. The van der Waals surface area contributed by atoms with Crippen LogP contribution >= 0.6 is 0 Å². The molecule has 0 bridgehead atoms. The molecular formula is C37H56O3. The van der Waals surface area contributed by atoms with Gasteiger partial charge in [0, 0.05) is 0 Å². The first-order chi connectivity index (χ1) is 18.8. The van der Waals surface area contributed by atoms with Crippen molar-refractivity contribution in [2.75, 3.05) is 0 Å². The van der Waals surface area contributed by atoms with Crippen LogP contribution in [0.3, 0.4) is 0 Å². The van der Waals surface area contributed by atoms with E-state index >= 15 is 0 Å². The van der Waals surface area contributed by atoms with Crippen molar-refractivity contribution in [3.05, 3.63) is 35.9 Å². The minimum Gasteiger partial charge on any atom is -0.460 e. The van der Waals surface area contributed by atoms with Gasteiger partial charge >= 0.3 is 5.97 Å². The Kier molecular flexibility index (Phi) is 6.89.